The largest absolute Gasteiger partial charge is 0.341 e. The van der Waals surface area contributed by atoms with Gasteiger partial charge in [-0.05, 0) is 34.1 Å². The number of para-hydroxylation sites is 1. The van der Waals surface area contributed by atoms with E-state index in [4.69, 9.17) is 0 Å². The molecule has 0 atom stereocenters. The first-order valence-corrected chi connectivity index (χ1v) is 7.58. The number of H-pyrrole nitrogens is 1. The highest BCUT2D eigenvalue weighted by atomic mass is 79.9. The minimum absolute atomic E-state index is 0.168. The van der Waals surface area contributed by atoms with Crippen molar-refractivity contribution in [3.63, 3.8) is 0 Å². The molecule has 108 valence electrons. The fourth-order valence-corrected chi connectivity index (χ4v) is 2.85. The topological polar surface area (TPSA) is 63.6 Å². The zero-order valence-corrected chi connectivity index (χ0v) is 13.0. The van der Waals surface area contributed by atoms with E-state index in [0.29, 0.717) is 17.8 Å². The second-order valence-electron chi connectivity index (χ2n) is 5.06. The van der Waals surface area contributed by atoms with Crippen LogP contribution in [0.2, 0.25) is 0 Å². The summed E-state index contributed by atoms with van der Waals surface area (Å²) in [7, 11) is 0. The standard InChI is InChI=1S/C16H11BrN4O/c17-10-5-6-11(18-7-10)8-21-9-13-15(19-20-16(13)22)12-3-1-2-4-14(12)21/h1-7,9H,8H2,(H,20,22). The monoisotopic (exact) mass is 354 g/mol. The van der Waals surface area contributed by atoms with Crippen molar-refractivity contribution in [1.82, 2.24) is 19.7 Å². The van der Waals surface area contributed by atoms with Crippen LogP contribution in [-0.2, 0) is 6.54 Å². The number of fused-ring (bicyclic) bond motifs is 3. The van der Waals surface area contributed by atoms with Gasteiger partial charge in [-0.1, -0.05) is 18.2 Å². The van der Waals surface area contributed by atoms with Crippen LogP contribution in [0.25, 0.3) is 22.2 Å². The number of hydrogen-bond donors (Lipinski definition) is 1. The quantitative estimate of drug-likeness (QED) is 0.601. The van der Waals surface area contributed by atoms with E-state index >= 15 is 0 Å². The number of hydrogen-bond acceptors (Lipinski definition) is 3. The van der Waals surface area contributed by atoms with Crippen molar-refractivity contribution in [2.75, 3.05) is 0 Å². The minimum Gasteiger partial charge on any atom is -0.341 e. The van der Waals surface area contributed by atoms with E-state index in [1.807, 2.05) is 47.2 Å². The molecule has 2 aliphatic heterocycles. The Kier molecular flexibility index (Phi) is 3.04. The Morgan fingerprint density at radius 1 is 1.18 bits per heavy atom. The predicted octanol–water partition coefficient (Wildman–Crippen LogP) is 3.04. The lowest BCUT2D eigenvalue weighted by atomic mass is 10.1. The highest BCUT2D eigenvalue weighted by molar-refractivity contribution is 9.10. The van der Waals surface area contributed by atoms with Crippen LogP contribution in [0.3, 0.4) is 0 Å². The summed E-state index contributed by atoms with van der Waals surface area (Å²) in [6.45, 7) is 0.592. The van der Waals surface area contributed by atoms with Crippen LogP contribution >= 0.6 is 15.9 Å². The predicted molar refractivity (Wildman–Crippen MR) is 88.0 cm³/mol. The van der Waals surface area contributed by atoms with Gasteiger partial charge >= 0.3 is 0 Å². The molecule has 0 amide bonds. The molecule has 2 aromatic rings. The van der Waals surface area contributed by atoms with Gasteiger partial charge in [0.15, 0.2) is 0 Å². The van der Waals surface area contributed by atoms with Gasteiger partial charge in [0.2, 0.25) is 0 Å². The number of nitrogens with one attached hydrogen (secondary N) is 1. The van der Waals surface area contributed by atoms with E-state index in [1.54, 1.807) is 6.20 Å². The molecule has 0 fully saturated rings. The second kappa shape index (κ2) is 5.06. The van der Waals surface area contributed by atoms with Crippen LogP contribution in [0.5, 0.6) is 0 Å². The third-order valence-electron chi connectivity index (χ3n) is 3.64. The van der Waals surface area contributed by atoms with Crippen molar-refractivity contribution in [2.24, 2.45) is 0 Å². The summed E-state index contributed by atoms with van der Waals surface area (Å²) in [5, 5.41) is 7.61. The Morgan fingerprint density at radius 3 is 2.86 bits per heavy atom. The van der Waals surface area contributed by atoms with Gasteiger partial charge in [0.05, 0.1) is 23.3 Å². The first kappa shape index (κ1) is 13.2. The summed E-state index contributed by atoms with van der Waals surface area (Å²) in [6.07, 6.45) is 3.61. The van der Waals surface area contributed by atoms with E-state index in [0.717, 1.165) is 21.1 Å². The molecule has 4 rings (SSSR count). The van der Waals surface area contributed by atoms with E-state index in [9.17, 15) is 4.79 Å². The number of halogens is 1. The average molecular weight is 355 g/mol. The first-order valence-electron chi connectivity index (χ1n) is 6.79. The molecule has 0 saturated heterocycles. The number of rotatable bonds is 2. The Balaban J connectivity index is 1.94. The van der Waals surface area contributed by atoms with Gasteiger partial charge < -0.3 is 4.57 Å². The van der Waals surface area contributed by atoms with Crippen LogP contribution in [0.15, 0.2) is 58.1 Å². The molecule has 1 aromatic carbocycles. The fraction of sp³-hybridized carbons (Fsp3) is 0.0625. The molecule has 0 unspecified atom stereocenters. The van der Waals surface area contributed by atoms with Crippen molar-refractivity contribution < 1.29 is 0 Å². The van der Waals surface area contributed by atoms with Crippen molar-refractivity contribution >= 4 is 26.8 Å². The summed E-state index contributed by atoms with van der Waals surface area (Å²) in [5.41, 5.74) is 3.08. The molecule has 1 N–H and O–H groups in total. The molecule has 22 heavy (non-hydrogen) atoms. The maximum absolute atomic E-state index is 11.9. The van der Waals surface area contributed by atoms with Crippen molar-refractivity contribution in [1.29, 1.82) is 0 Å². The minimum atomic E-state index is -0.168. The summed E-state index contributed by atoms with van der Waals surface area (Å²) < 4.78 is 2.98. The van der Waals surface area contributed by atoms with Gasteiger partial charge in [-0.25, -0.2) is 5.10 Å². The third-order valence-corrected chi connectivity index (χ3v) is 4.11. The summed E-state index contributed by atoms with van der Waals surface area (Å²) in [6, 6.07) is 11.8. The molecule has 2 aliphatic rings. The van der Waals surface area contributed by atoms with E-state index < -0.39 is 0 Å². The fourth-order valence-electron chi connectivity index (χ4n) is 2.61. The van der Waals surface area contributed by atoms with Crippen molar-refractivity contribution in [3.05, 3.63) is 69.3 Å². The molecule has 0 spiro atoms. The summed E-state index contributed by atoms with van der Waals surface area (Å²) in [4.78, 5) is 16.3. The molecule has 0 saturated carbocycles. The summed E-state index contributed by atoms with van der Waals surface area (Å²) >= 11 is 3.38. The molecule has 5 nitrogen and oxygen atoms in total. The van der Waals surface area contributed by atoms with Gasteiger partial charge in [0, 0.05) is 22.3 Å². The lowest BCUT2D eigenvalue weighted by Gasteiger charge is -2.13. The van der Waals surface area contributed by atoms with E-state index in [2.05, 4.69) is 31.1 Å². The zero-order chi connectivity index (χ0) is 15.1. The second-order valence-corrected chi connectivity index (χ2v) is 5.97. The van der Waals surface area contributed by atoms with Gasteiger partial charge in [-0.2, -0.15) is 5.10 Å². The maximum Gasteiger partial charge on any atom is 0.275 e. The maximum atomic E-state index is 11.9. The van der Waals surface area contributed by atoms with Gasteiger partial charge in [0.25, 0.3) is 5.56 Å². The third kappa shape index (κ3) is 2.12. The smallest absolute Gasteiger partial charge is 0.275 e. The Morgan fingerprint density at radius 2 is 2.05 bits per heavy atom. The number of nitrogens with zero attached hydrogens (tertiary/aromatic N) is 3. The van der Waals surface area contributed by atoms with E-state index in [-0.39, 0.29) is 5.56 Å². The lowest BCUT2D eigenvalue weighted by Crippen LogP contribution is -2.08. The number of aromatic amines is 1. The highest BCUT2D eigenvalue weighted by Crippen LogP contribution is 2.26. The molecule has 0 radical (unpaired) electrons. The molecule has 0 bridgehead atoms. The first-order chi connectivity index (χ1) is 10.7. The number of benzene rings is 1. The van der Waals surface area contributed by atoms with Crippen LogP contribution in [0, 0.1) is 0 Å². The van der Waals surface area contributed by atoms with Crippen molar-refractivity contribution in [2.45, 2.75) is 6.54 Å². The highest BCUT2D eigenvalue weighted by Gasteiger charge is 2.16. The summed E-state index contributed by atoms with van der Waals surface area (Å²) in [5.74, 6) is 0. The number of pyridine rings is 2. The van der Waals surface area contributed by atoms with Crippen molar-refractivity contribution in [3.8, 4) is 11.3 Å². The Labute approximate surface area is 134 Å². The number of aromatic nitrogens is 4. The Hall–Kier alpha value is -2.47. The van der Waals surface area contributed by atoms with Gasteiger partial charge in [-0.15, -0.1) is 0 Å². The Bertz CT molecular complexity index is 987. The molecular weight excluding hydrogens is 344 g/mol. The molecule has 1 aromatic heterocycles. The molecule has 6 heteroatoms. The zero-order valence-electron chi connectivity index (χ0n) is 11.5. The molecule has 0 aliphatic carbocycles. The van der Waals surface area contributed by atoms with Crippen LogP contribution in [-0.4, -0.2) is 19.7 Å². The SMILES string of the molecule is O=c1[nH]nc2c3ccccc3n(Cc3ccc(Br)cn3)cc1-2. The van der Waals surface area contributed by atoms with Gasteiger partial charge in [0.1, 0.15) is 5.69 Å². The van der Waals surface area contributed by atoms with Gasteiger partial charge in [-0.3, -0.25) is 9.78 Å². The molecular formula is C16H11BrN4O. The normalized spacial score (nSPS) is 11.3. The lowest BCUT2D eigenvalue weighted by molar-refractivity contribution is 0.799. The van der Waals surface area contributed by atoms with Crippen LogP contribution in [0.1, 0.15) is 5.69 Å². The average Bonchev–Trinajstić information content (AvgIpc) is 2.91. The van der Waals surface area contributed by atoms with E-state index in [1.165, 1.54) is 0 Å². The van der Waals surface area contributed by atoms with Crippen LogP contribution < -0.4 is 5.56 Å². The molecule has 3 heterocycles. The van der Waals surface area contributed by atoms with Crippen LogP contribution in [0.4, 0.5) is 0 Å².